The molecule has 0 aromatic heterocycles. The first-order valence-electron chi connectivity index (χ1n) is 9.51. The molecule has 2 amide bonds. The molecule has 0 bridgehead atoms. The van der Waals surface area contributed by atoms with Gasteiger partial charge in [0.2, 0.25) is 11.8 Å². The molecule has 28 heavy (non-hydrogen) atoms. The fourth-order valence-electron chi connectivity index (χ4n) is 3.34. The first-order valence-corrected chi connectivity index (χ1v) is 9.51. The number of carbonyl (C=O) groups excluding carboxylic acids is 2. The average molecular weight is 381 g/mol. The van der Waals surface area contributed by atoms with E-state index < -0.39 is 0 Å². The van der Waals surface area contributed by atoms with Crippen LogP contribution in [0.3, 0.4) is 0 Å². The number of amides is 2. The van der Waals surface area contributed by atoms with Gasteiger partial charge in [0, 0.05) is 37.6 Å². The summed E-state index contributed by atoms with van der Waals surface area (Å²) in [5.74, 6) is 0.431. The first-order chi connectivity index (χ1) is 13.5. The van der Waals surface area contributed by atoms with E-state index in [0.717, 1.165) is 41.3 Å². The number of hydrogen-bond acceptors (Lipinski definition) is 4. The zero-order valence-electron chi connectivity index (χ0n) is 16.7. The van der Waals surface area contributed by atoms with E-state index in [1.54, 1.807) is 12.0 Å². The molecule has 6 heteroatoms. The van der Waals surface area contributed by atoms with E-state index in [-0.39, 0.29) is 18.2 Å². The Balaban J connectivity index is 1.50. The Bertz CT molecular complexity index is 841. The summed E-state index contributed by atoms with van der Waals surface area (Å²) in [5.41, 5.74) is 4.01. The van der Waals surface area contributed by atoms with Crippen molar-refractivity contribution >= 4 is 23.2 Å². The molecule has 0 radical (unpaired) electrons. The predicted molar refractivity (Wildman–Crippen MR) is 111 cm³/mol. The molecular weight excluding hydrogens is 354 g/mol. The summed E-state index contributed by atoms with van der Waals surface area (Å²) < 4.78 is 5.19. The van der Waals surface area contributed by atoms with Crippen LogP contribution in [0.2, 0.25) is 0 Å². The molecule has 2 aromatic rings. The fraction of sp³-hybridized carbons (Fsp3) is 0.364. The van der Waals surface area contributed by atoms with Gasteiger partial charge in [-0.1, -0.05) is 12.1 Å². The summed E-state index contributed by atoms with van der Waals surface area (Å²) in [4.78, 5) is 28.8. The van der Waals surface area contributed by atoms with Crippen LogP contribution in [0.25, 0.3) is 0 Å². The minimum Gasteiger partial charge on any atom is -0.497 e. The second kappa shape index (κ2) is 8.78. The van der Waals surface area contributed by atoms with Crippen molar-refractivity contribution in [3.63, 3.8) is 0 Å². The monoisotopic (exact) mass is 381 g/mol. The minimum atomic E-state index is -0.267. The molecular formula is C22H27N3O3. The van der Waals surface area contributed by atoms with Gasteiger partial charge in [0.1, 0.15) is 12.2 Å². The Morgan fingerprint density at radius 1 is 1.00 bits per heavy atom. The zero-order chi connectivity index (χ0) is 20.1. The number of nitrogens with one attached hydrogen (secondary N) is 1. The third-order valence-electron chi connectivity index (χ3n) is 5.26. The molecule has 1 N–H and O–H groups in total. The summed E-state index contributed by atoms with van der Waals surface area (Å²) >= 11 is 0. The Kier molecular flexibility index (Phi) is 6.19. The minimum absolute atomic E-state index is 0.128. The van der Waals surface area contributed by atoms with Crippen LogP contribution in [-0.2, 0) is 9.59 Å². The summed E-state index contributed by atoms with van der Waals surface area (Å²) in [6, 6.07) is 13.7. The van der Waals surface area contributed by atoms with Gasteiger partial charge in [-0.2, -0.15) is 0 Å². The number of aryl methyl sites for hydroxylation is 1. The molecule has 0 unspecified atom stereocenters. The van der Waals surface area contributed by atoms with Crippen LogP contribution in [0.5, 0.6) is 5.75 Å². The number of methoxy groups -OCH3 is 1. The van der Waals surface area contributed by atoms with Gasteiger partial charge in [-0.05, 0) is 55.3 Å². The van der Waals surface area contributed by atoms with E-state index in [0.29, 0.717) is 13.1 Å². The van der Waals surface area contributed by atoms with Crippen molar-refractivity contribution < 1.29 is 14.3 Å². The smallest absolute Gasteiger partial charge is 0.233 e. The van der Waals surface area contributed by atoms with Gasteiger partial charge < -0.3 is 19.9 Å². The fourth-order valence-corrected chi connectivity index (χ4v) is 3.34. The highest BCUT2D eigenvalue weighted by molar-refractivity contribution is 6.04. The van der Waals surface area contributed by atoms with Crippen molar-refractivity contribution in [3.8, 4) is 5.75 Å². The molecule has 1 fully saturated rings. The van der Waals surface area contributed by atoms with Crippen molar-refractivity contribution in [2.24, 2.45) is 0 Å². The molecule has 0 aliphatic carbocycles. The molecule has 1 aliphatic rings. The average Bonchev–Trinajstić information content (AvgIpc) is 2.71. The Labute approximate surface area is 166 Å². The van der Waals surface area contributed by atoms with Gasteiger partial charge in [0.05, 0.1) is 7.11 Å². The SMILES string of the molecule is COc1ccc(N2CCN(C(=O)CC(=O)Nc3cccc(C)c3C)CC2)cc1. The van der Waals surface area contributed by atoms with E-state index in [4.69, 9.17) is 4.74 Å². The Hall–Kier alpha value is -3.02. The number of nitrogens with zero attached hydrogens (tertiary/aromatic N) is 2. The number of piperazine rings is 1. The van der Waals surface area contributed by atoms with Crippen molar-refractivity contribution in [1.29, 1.82) is 0 Å². The molecule has 2 aromatic carbocycles. The molecule has 1 heterocycles. The molecule has 0 atom stereocenters. The van der Waals surface area contributed by atoms with Crippen LogP contribution in [0.4, 0.5) is 11.4 Å². The highest BCUT2D eigenvalue weighted by atomic mass is 16.5. The van der Waals surface area contributed by atoms with Gasteiger partial charge in [-0.25, -0.2) is 0 Å². The van der Waals surface area contributed by atoms with Crippen LogP contribution >= 0.6 is 0 Å². The number of ether oxygens (including phenoxy) is 1. The summed E-state index contributed by atoms with van der Waals surface area (Å²) in [6.45, 7) is 6.68. The number of anilines is 2. The molecule has 3 rings (SSSR count). The van der Waals surface area contributed by atoms with Gasteiger partial charge in [-0.15, -0.1) is 0 Å². The third kappa shape index (κ3) is 4.63. The van der Waals surface area contributed by atoms with Crippen molar-refractivity contribution in [1.82, 2.24) is 4.90 Å². The topological polar surface area (TPSA) is 61.9 Å². The normalized spacial score (nSPS) is 14.0. The maximum Gasteiger partial charge on any atom is 0.233 e. The second-order valence-corrected chi connectivity index (χ2v) is 7.04. The van der Waals surface area contributed by atoms with E-state index in [2.05, 4.69) is 10.2 Å². The quantitative estimate of drug-likeness (QED) is 0.809. The van der Waals surface area contributed by atoms with Gasteiger partial charge in [0.25, 0.3) is 0 Å². The molecule has 148 valence electrons. The maximum absolute atomic E-state index is 12.5. The van der Waals surface area contributed by atoms with Crippen LogP contribution in [-0.4, -0.2) is 50.0 Å². The predicted octanol–water partition coefficient (Wildman–Crippen LogP) is 2.99. The lowest BCUT2D eigenvalue weighted by Gasteiger charge is -2.36. The largest absolute Gasteiger partial charge is 0.497 e. The van der Waals surface area contributed by atoms with Crippen LogP contribution in [0.15, 0.2) is 42.5 Å². The van der Waals surface area contributed by atoms with Gasteiger partial charge in [-0.3, -0.25) is 9.59 Å². The third-order valence-corrected chi connectivity index (χ3v) is 5.26. The maximum atomic E-state index is 12.5. The number of benzene rings is 2. The van der Waals surface area contributed by atoms with Crippen LogP contribution in [0.1, 0.15) is 17.5 Å². The van der Waals surface area contributed by atoms with Crippen molar-refractivity contribution in [2.45, 2.75) is 20.3 Å². The number of carbonyl (C=O) groups is 2. The lowest BCUT2D eigenvalue weighted by molar-refractivity contribution is -0.134. The summed E-state index contributed by atoms with van der Waals surface area (Å²) in [5, 5.41) is 2.86. The molecule has 1 aliphatic heterocycles. The van der Waals surface area contributed by atoms with E-state index in [1.165, 1.54) is 0 Å². The summed E-state index contributed by atoms with van der Waals surface area (Å²) in [7, 11) is 1.65. The highest BCUT2D eigenvalue weighted by Gasteiger charge is 2.23. The highest BCUT2D eigenvalue weighted by Crippen LogP contribution is 2.21. The molecule has 6 nitrogen and oxygen atoms in total. The number of rotatable bonds is 5. The van der Waals surface area contributed by atoms with Crippen molar-refractivity contribution in [2.75, 3.05) is 43.5 Å². The van der Waals surface area contributed by atoms with E-state index in [9.17, 15) is 9.59 Å². The Morgan fingerprint density at radius 3 is 2.32 bits per heavy atom. The van der Waals surface area contributed by atoms with E-state index in [1.807, 2.05) is 56.3 Å². The van der Waals surface area contributed by atoms with Gasteiger partial charge in [0.15, 0.2) is 0 Å². The van der Waals surface area contributed by atoms with Crippen LogP contribution < -0.4 is 15.0 Å². The second-order valence-electron chi connectivity index (χ2n) is 7.04. The summed E-state index contributed by atoms with van der Waals surface area (Å²) in [6.07, 6.45) is -0.129. The lowest BCUT2D eigenvalue weighted by Crippen LogP contribution is -2.49. The molecule has 0 spiro atoms. The van der Waals surface area contributed by atoms with Crippen molar-refractivity contribution in [3.05, 3.63) is 53.6 Å². The van der Waals surface area contributed by atoms with E-state index >= 15 is 0 Å². The lowest BCUT2D eigenvalue weighted by atomic mass is 10.1. The number of hydrogen-bond donors (Lipinski definition) is 1. The first kappa shape index (κ1) is 19.7. The van der Waals surface area contributed by atoms with Gasteiger partial charge >= 0.3 is 0 Å². The zero-order valence-corrected chi connectivity index (χ0v) is 16.7. The molecule has 1 saturated heterocycles. The standard InChI is InChI=1S/C22H27N3O3/c1-16-5-4-6-20(17(16)2)23-21(26)15-22(27)25-13-11-24(12-14-25)18-7-9-19(28-3)10-8-18/h4-10H,11-15H2,1-3H3,(H,23,26). The molecule has 0 saturated carbocycles. The van der Waals surface area contributed by atoms with Crippen LogP contribution in [0, 0.1) is 13.8 Å². The Morgan fingerprint density at radius 2 is 1.68 bits per heavy atom.